The van der Waals surface area contributed by atoms with Crippen molar-refractivity contribution in [2.75, 3.05) is 18.6 Å². The van der Waals surface area contributed by atoms with Crippen LogP contribution in [0.3, 0.4) is 0 Å². The van der Waals surface area contributed by atoms with Gasteiger partial charge < -0.3 is 57.1 Å². The molecule has 70 heavy (non-hydrogen) atoms. The number of thioether (sulfide) groups is 1. The number of amides is 5. The second-order valence-electron chi connectivity index (χ2n) is 17.6. The van der Waals surface area contributed by atoms with Gasteiger partial charge in [0, 0.05) is 77.0 Å². The van der Waals surface area contributed by atoms with Crippen molar-refractivity contribution >= 4 is 80.0 Å². The van der Waals surface area contributed by atoms with E-state index in [-0.39, 0.29) is 43.8 Å². The van der Waals surface area contributed by atoms with Gasteiger partial charge in [-0.05, 0) is 90.4 Å². The molecule has 18 heteroatoms. The van der Waals surface area contributed by atoms with Crippen molar-refractivity contribution in [1.29, 1.82) is 0 Å². The van der Waals surface area contributed by atoms with Crippen LogP contribution in [0, 0.1) is 0 Å². The molecule has 0 radical (unpaired) electrons. The van der Waals surface area contributed by atoms with Crippen LogP contribution in [0.25, 0.3) is 32.7 Å². The number of phenolic OH excluding ortho intramolecular Hbond substituents is 1. The van der Waals surface area contributed by atoms with Gasteiger partial charge in [-0.2, -0.15) is 11.8 Å². The Morgan fingerprint density at radius 3 is 1.44 bits per heavy atom. The number of H-pyrrole nitrogens is 3. The summed E-state index contributed by atoms with van der Waals surface area (Å²) in [5.41, 5.74) is 5.24. The van der Waals surface area contributed by atoms with Crippen molar-refractivity contribution in [2.45, 2.75) is 81.2 Å². The smallest absolute Gasteiger partial charge is 0.326 e. The van der Waals surface area contributed by atoms with Crippen molar-refractivity contribution in [2.24, 2.45) is 0 Å². The maximum absolute atomic E-state index is 15.0. The molecule has 1 aliphatic rings. The van der Waals surface area contributed by atoms with E-state index in [1.807, 2.05) is 79.1 Å². The number of carboxylic acid groups (broad SMARTS) is 1. The molecule has 4 aromatic carbocycles. The predicted molar refractivity (Wildman–Crippen MR) is 269 cm³/mol. The first-order chi connectivity index (χ1) is 33.9. The first-order valence-corrected chi connectivity index (χ1v) is 24.7. The van der Waals surface area contributed by atoms with E-state index in [0.717, 1.165) is 50.3 Å². The molecule has 3 aromatic heterocycles. The number of aliphatic carboxylic acids is 1. The number of carboxylic acids is 1. The zero-order chi connectivity index (χ0) is 49.1. The SMILES string of the molecule is CSCC[C@H](NC(=O)[C@H](Cc1c[nH]c2ccccc12)NC(=O)[C@H](Cc1c[nH]c2ccccc12)NC(=O)[C@H](Cc1c[nH]c2ccccc12)NC(=O)[C@@H]1CCCN1)C(=O)N[C@@H](Cc1ccc(O)cc1)C(=O)O. The van der Waals surface area contributed by atoms with Crippen LogP contribution >= 0.6 is 11.8 Å². The minimum absolute atomic E-state index is 0.00267. The molecule has 1 saturated heterocycles. The Kier molecular flexibility index (Phi) is 15.8. The molecule has 17 nitrogen and oxygen atoms in total. The molecule has 1 fully saturated rings. The van der Waals surface area contributed by atoms with Crippen LogP contribution in [0.4, 0.5) is 0 Å². The average Bonchev–Trinajstić information content (AvgIpc) is 4.21. The molecule has 0 aliphatic carbocycles. The lowest BCUT2D eigenvalue weighted by atomic mass is 10.00. The van der Waals surface area contributed by atoms with Crippen LogP contribution in [-0.4, -0.2) is 115 Å². The highest BCUT2D eigenvalue weighted by Crippen LogP contribution is 2.23. The molecule has 7 aromatic rings. The van der Waals surface area contributed by atoms with E-state index in [9.17, 15) is 34.2 Å². The Hall–Kier alpha value is -7.57. The first kappa shape index (κ1) is 48.9. The molecule has 5 amide bonds. The highest BCUT2D eigenvalue weighted by Gasteiger charge is 2.35. The number of aromatic amines is 3. The van der Waals surface area contributed by atoms with Gasteiger partial charge in [0.15, 0.2) is 0 Å². The third-order valence-electron chi connectivity index (χ3n) is 12.8. The van der Waals surface area contributed by atoms with Gasteiger partial charge in [-0.1, -0.05) is 66.7 Å². The van der Waals surface area contributed by atoms with E-state index in [1.54, 1.807) is 30.7 Å². The summed E-state index contributed by atoms with van der Waals surface area (Å²) in [6.07, 6.45) is 8.71. The number of benzene rings is 4. The number of fused-ring (bicyclic) bond motifs is 3. The van der Waals surface area contributed by atoms with Gasteiger partial charge in [-0.25, -0.2) is 4.79 Å². The van der Waals surface area contributed by atoms with Crippen molar-refractivity contribution in [3.63, 3.8) is 0 Å². The highest BCUT2D eigenvalue weighted by molar-refractivity contribution is 7.98. The van der Waals surface area contributed by atoms with Crippen molar-refractivity contribution in [3.05, 3.63) is 138 Å². The number of carbonyl (C=O) groups is 6. The Morgan fingerprint density at radius 1 is 0.571 bits per heavy atom. The quantitative estimate of drug-likeness (QED) is 0.0463. The topological polar surface area (TPSA) is 262 Å². The molecule has 1 aliphatic heterocycles. The Balaban J connectivity index is 1.09. The number of carbonyl (C=O) groups excluding carboxylic acids is 5. The molecule has 0 spiro atoms. The largest absolute Gasteiger partial charge is 0.508 e. The molecule has 364 valence electrons. The summed E-state index contributed by atoms with van der Waals surface area (Å²) in [5, 5.41) is 39.9. The van der Waals surface area contributed by atoms with Gasteiger partial charge in [0.2, 0.25) is 29.5 Å². The lowest BCUT2D eigenvalue weighted by Crippen LogP contribution is -2.60. The predicted octanol–water partition coefficient (Wildman–Crippen LogP) is 4.12. The van der Waals surface area contributed by atoms with Crippen molar-refractivity contribution in [1.82, 2.24) is 46.9 Å². The van der Waals surface area contributed by atoms with Gasteiger partial charge in [0.1, 0.15) is 36.0 Å². The Labute approximate surface area is 407 Å². The zero-order valence-electron chi connectivity index (χ0n) is 38.5. The summed E-state index contributed by atoms with van der Waals surface area (Å²) in [5.74, 6) is -3.93. The minimum atomic E-state index is -1.36. The van der Waals surface area contributed by atoms with Gasteiger partial charge in [0.25, 0.3) is 0 Å². The molecule has 6 atom stereocenters. The fraction of sp³-hybridized carbons (Fsp3) is 0.308. The third kappa shape index (κ3) is 12.0. The number of hydrogen-bond acceptors (Lipinski definition) is 9. The maximum Gasteiger partial charge on any atom is 0.326 e. The lowest BCUT2D eigenvalue weighted by Gasteiger charge is -2.27. The second-order valence-corrected chi connectivity index (χ2v) is 18.6. The van der Waals surface area contributed by atoms with Crippen molar-refractivity contribution in [3.8, 4) is 5.75 Å². The van der Waals surface area contributed by atoms with Crippen LogP contribution in [0.5, 0.6) is 5.75 Å². The maximum atomic E-state index is 15.0. The monoisotopic (exact) mass is 967 g/mol. The molecule has 0 bridgehead atoms. The molecule has 0 unspecified atom stereocenters. The van der Waals surface area contributed by atoms with E-state index in [2.05, 4.69) is 46.9 Å². The van der Waals surface area contributed by atoms with E-state index in [0.29, 0.717) is 29.8 Å². The normalized spacial score (nSPS) is 15.7. The number of para-hydroxylation sites is 3. The van der Waals surface area contributed by atoms with Crippen LogP contribution in [0.15, 0.2) is 116 Å². The average molecular weight is 968 g/mol. The summed E-state index contributed by atoms with van der Waals surface area (Å²) >= 11 is 1.43. The molecular weight excluding hydrogens is 911 g/mol. The zero-order valence-corrected chi connectivity index (χ0v) is 39.4. The third-order valence-corrected chi connectivity index (χ3v) is 13.5. The summed E-state index contributed by atoms with van der Waals surface area (Å²) in [6.45, 7) is 0.671. The van der Waals surface area contributed by atoms with E-state index in [1.165, 1.54) is 23.9 Å². The summed E-state index contributed by atoms with van der Waals surface area (Å²) in [7, 11) is 0. The van der Waals surface area contributed by atoms with Crippen molar-refractivity contribution < 1.29 is 39.0 Å². The first-order valence-electron chi connectivity index (χ1n) is 23.3. The number of rotatable bonds is 22. The molecule has 8 rings (SSSR count). The number of hydrogen-bond donors (Lipinski definition) is 11. The van der Waals surface area contributed by atoms with Crippen LogP contribution in [0.2, 0.25) is 0 Å². The Morgan fingerprint density at radius 2 is 1.00 bits per heavy atom. The van der Waals surface area contributed by atoms with E-state index < -0.39 is 65.8 Å². The fourth-order valence-corrected chi connectivity index (χ4v) is 9.50. The van der Waals surface area contributed by atoms with Gasteiger partial charge in [-0.3, -0.25) is 24.0 Å². The Bertz CT molecular complexity index is 2980. The lowest BCUT2D eigenvalue weighted by molar-refractivity contribution is -0.142. The molecular formula is C52H57N9O8S. The fourth-order valence-electron chi connectivity index (χ4n) is 9.03. The summed E-state index contributed by atoms with van der Waals surface area (Å²) < 4.78 is 0. The van der Waals surface area contributed by atoms with Crippen LogP contribution in [-0.2, 0) is 54.5 Å². The van der Waals surface area contributed by atoms with Gasteiger partial charge in [0.05, 0.1) is 6.04 Å². The molecule has 0 saturated carbocycles. The molecule has 4 heterocycles. The number of aromatic hydroxyl groups is 1. The van der Waals surface area contributed by atoms with Gasteiger partial charge >= 0.3 is 5.97 Å². The standard InChI is InChI=1S/C52H57N9O8S/c1-70-22-20-42(48(64)61-46(52(68)69)23-30-16-18-34(62)19-17-30)57-49(65)43(24-31-27-54-38-12-5-2-9-35(31)38)59-51(67)45(26-33-29-56-40-14-7-4-11-37(33)40)60-50(66)44(58-47(63)41-15-8-21-53-41)25-32-28-55-39-13-6-3-10-36(32)39/h2-7,9-14,16-19,27-29,41-46,53-56,62H,8,15,20-26H2,1H3,(H,57,65)(H,58,63)(H,59,67)(H,60,66)(H,61,64)(H,68,69)/t41-,42-,43-,44-,45-,46-/m0/s1. The van der Waals surface area contributed by atoms with E-state index >= 15 is 4.79 Å². The number of phenols is 1. The highest BCUT2D eigenvalue weighted by atomic mass is 32.2. The summed E-state index contributed by atoms with van der Waals surface area (Å²) in [4.78, 5) is 94.3. The molecule has 11 N–H and O–H groups in total. The second kappa shape index (κ2) is 22.7. The van der Waals surface area contributed by atoms with Crippen LogP contribution < -0.4 is 31.9 Å². The number of aromatic nitrogens is 3. The summed E-state index contributed by atoms with van der Waals surface area (Å²) in [6, 6.07) is 21.9. The number of nitrogens with one attached hydrogen (secondary N) is 9. The van der Waals surface area contributed by atoms with Gasteiger partial charge in [-0.15, -0.1) is 0 Å². The minimum Gasteiger partial charge on any atom is -0.508 e. The van der Waals surface area contributed by atoms with Crippen LogP contribution in [0.1, 0.15) is 41.5 Å². The van der Waals surface area contributed by atoms with E-state index in [4.69, 9.17) is 0 Å².